The topological polar surface area (TPSA) is 52.2 Å². The number of nitrogens with zero attached hydrogens (tertiary/aromatic N) is 4. The van der Waals surface area contributed by atoms with E-state index in [1.807, 2.05) is 6.07 Å². The Labute approximate surface area is 150 Å². The van der Waals surface area contributed by atoms with Gasteiger partial charge in [0.05, 0.1) is 10.2 Å². The molecule has 1 amide bonds. The minimum atomic E-state index is -0.270. The van der Waals surface area contributed by atoms with Crippen LogP contribution in [0.1, 0.15) is 10.5 Å². The maximum absolute atomic E-state index is 12.4. The summed E-state index contributed by atoms with van der Waals surface area (Å²) in [6.45, 7) is 0.820. The Kier molecular flexibility index (Phi) is 5.03. The summed E-state index contributed by atoms with van der Waals surface area (Å²) in [5.41, 5.74) is 1.59. The summed E-state index contributed by atoms with van der Waals surface area (Å²) in [7, 11) is 1.74. The van der Waals surface area contributed by atoms with Gasteiger partial charge in [-0.05, 0) is 30.5 Å². The summed E-state index contributed by atoms with van der Waals surface area (Å²) in [6, 6.07) is 7.81. The number of amides is 1. The standard InChI is InChI=1S/C15H15BrN4OS2/c1-19-12(5-6-17-19)14(21)18-15-20(7-8-22-2)11-4-3-10(16)9-13(11)23-15/h3-6,9H,7-8H2,1-2H3. The Balaban J connectivity index is 2.13. The molecule has 0 saturated carbocycles. The summed E-state index contributed by atoms with van der Waals surface area (Å²) in [5, 5.41) is 4.03. The number of aryl methyl sites for hydroxylation is 2. The van der Waals surface area contributed by atoms with E-state index in [-0.39, 0.29) is 5.91 Å². The normalized spacial score (nSPS) is 12.2. The molecule has 0 aliphatic heterocycles. The summed E-state index contributed by atoms with van der Waals surface area (Å²) in [6.07, 6.45) is 3.68. The van der Waals surface area contributed by atoms with E-state index in [2.05, 4.69) is 49.0 Å². The van der Waals surface area contributed by atoms with Gasteiger partial charge in [0, 0.05) is 30.0 Å². The van der Waals surface area contributed by atoms with Gasteiger partial charge >= 0.3 is 0 Å². The van der Waals surface area contributed by atoms with Gasteiger partial charge in [0.25, 0.3) is 5.91 Å². The molecule has 1 aromatic carbocycles. The zero-order chi connectivity index (χ0) is 16.4. The molecule has 3 aromatic rings. The zero-order valence-corrected chi connectivity index (χ0v) is 15.9. The van der Waals surface area contributed by atoms with Crippen LogP contribution < -0.4 is 4.80 Å². The van der Waals surface area contributed by atoms with Crippen LogP contribution in [0.4, 0.5) is 0 Å². The van der Waals surface area contributed by atoms with E-state index in [1.165, 1.54) is 11.3 Å². The van der Waals surface area contributed by atoms with E-state index in [0.29, 0.717) is 5.69 Å². The molecule has 5 nitrogen and oxygen atoms in total. The van der Waals surface area contributed by atoms with E-state index in [0.717, 1.165) is 31.8 Å². The first-order valence-electron chi connectivity index (χ1n) is 6.95. The molecule has 0 aliphatic carbocycles. The van der Waals surface area contributed by atoms with Gasteiger partial charge in [-0.15, -0.1) is 0 Å². The second-order valence-electron chi connectivity index (χ2n) is 4.90. The van der Waals surface area contributed by atoms with Crippen molar-refractivity contribution in [3.63, 3.8) is 0 Å². The van der Waals surface area contributed by atoms with Gasteiger partial charge in [-0.25, -0.2) is 0 Å². The van der Waals surface area contributed by atoms with Crippen LogP contribution in [-0.4, -0.2) is 32.3 Å². The van der Waals surface area contributed by atoms with Crippen molar-refractivity contribution in [3.05, 3.63) is 45.4 Å². The summed E-state index contributed by atoms with van der Waals surface area (Å²) in [4.78, 5) is 17.5. The molecule has 0 N–H and O–H groups in total. The average molecular weight is 411 g/mol. The van der Waals surface area contributed by atoms with E-state index in [4.69, 9.17) is 0 Å². The Bertz CT molecular complexity index is 925. The molecule has 23 heavy (non-hydrogen) atoms. The first-order valence-corrected chi connectivity index (χ1v) is 9.95. The van der Waals surface area contributed by atoms with Crippen molar-refractivity contribution in [2.24, 2.45) is 12.0 Å². The number of carbonyl (C=O) groups is 1. The molecule has 0 unspecified atom stereocenters. The lowest BCUT2D eigenvalue weighted by atomic mass is 10.3. The highest BCUT2D eigenvalue weighted by atomic mass is 79.9. The van der Waals surface area contributed by atoms with Crippen LogP contribution in [0.25, 0.3) is 10.2 Å². The fourth-order valence-electron chi connectivity index (χ4n) is 2.26. The van der Waals surface area contributed by atoms with Crippen LogP contribution in [0, 0.1) is 0 Å². The third-order valence-corrected chi connectivity index (χ3v) is 5.53. The number of halogens is 1. The minimum Gasteiger partial charge on any atom is -0.316 e. The molecule has 0 fully saturated rings. The Morgan fingerprint density at radius 3 is 2.96 bits per heavy atom. The molecule has 2 aromatic heterocycles. The van der Waals surface area contributed by atoms with Crippen molar-refractivity contribution in [1.82, 2.24) is 14.3 Å². The van der Waals surface area contributed by atoms with E-state index < -0.39 is 0 Å². The average Bonchev–Trinajstić information content (AvgIpc) is 3.08. The highest BCUT2D eigenvalue weighted by Gasteiger charge is 2.11. The van der Waals surface area contributed by atoms with E-state index in [1.54, 1.807) is 35.8 Å². The van der Waals surface area contributed by atoms with Gasteiger partial charge in [0.15, 0.2) is 4.80 Å². The summed E-state index contributed by atoms with van der Waals surface area (Å²) < 4.78 is 5.78. The predicted octanol–water partition coefficient (Wildman–Crippen LogP) is 3.30. The third kappa shape index (κ3) is 3.44. The number of fused-ring (bicyclic) bond motifs is 1. The molecule has 0 aliphatic rings. The fourth-order valence-corrected chi connectivity index (χ4v) is 4.23. The van der Waals surface area contributed by atoms with Crippen molar-refractivity contribution < 1.29 is 4.79 Å². The monoisotopic (exact) mass is 410 g/mol. The van der Waals surface area contributed by atoms with Crippen LogP contribution in [0.15, 0.2) is 39.9 Å². The van der Waals surface area contributed by atoms with Gasteiger partial charge in [-0.3, -0.25) is 9.48 Å². The Morgan fingerprint density at radius 1 is 1.43 bits per heavy atom. The number of hydrogen-bond donors (Lipinski definition) is 0. The number of carbonyl (C=O) groups excluding carboxylic acids is 1. The van der Waals surface area contributed by atoms with Crippen LogP contribution in [0.2, 0.25) is 0 Å². The molecule has 3 rings (SSSR count). The summed E-state index contributed by atoms with van der Waals surface area (Å²) >= 11 is 6.79. The van der Waals surface area contributed by atoms with Crippen molar-refractivity contribution in [2.75, 3.05) is 12.0 Å². The SMILES string of the molecule is CSCCn1c(=NC(=O)c2ccnn2C)sc2cc(Br)ccc21. The molecule has 0 saturated heterocycles. The molecule has 0 spiro atoms. The van der Waals surface area contributed by atoms with Crippen molar-refractivity contribution in [1.29, 1.82) is 0 Å². The van der Waals surface area contributed by atoms with Gasteiger partial charge in [0.2, 0.25) is 0 Å². The second kappa shape index (κ2) is 7.02. The van der Waals surface area contributed by atoms with Crippen LogP contribution in [0.3, 0.4) is 0 Å². The first kappa shape index (κ1) is 16.5. The second-order valence-corrected chi connectivity index (χ2v) is 7.81. The fraction of sp³-hybridized carbons (Fsp3) is 0.267. The maximum Gasteiger partial charge on any atom is 0.297 e. The molecular weight excluding hydrogens is 396 g/mol. The first-order chi connectivity index (χ1) is 11.1. The number of benzene rings is 1. The van der Waals surface area contributed by atoms with Crippen LogP contribution >= 0.6 is 39.0 Å². The largest absolute Gasteiger partial charge is 0.316 e. The molecule has 0 bridgehead atoms. The van der Waals surface area contributed by atoms with Gasteiger partial charge in [0.1, 0.15) is 5.69 Å². The smallest absolute Gasteiger partial charge is 0.297 e. The van der Waals surface area contributed by atoms with Crippen molar-refractivity contribution in [3.8, 4) is 0 Å². The predicted molar refractivity (Wildman–Crippen MR) is 99.0 cm³/mol. The van der Waals surface area contributed by atoms with Gasteiger partial charge in [-0.2, -0.15) is 21.9 Å². The van der Waals surface area contributed by atoms with Crippen molar-refractivity contribution in [2.45, 2.75) is 6.54 Å². The molecule has 0 atom stereocenters. The van der Waals surface area contributed by atoms with Crippen LogP contribution in [0.5, 0.6) is 0 Å². The van der Waals surface area contributed by atoms with E-state index >= 15 is 0 Å². The quantitative estimate of drug-likeness (QED) is 0.662. The number of aromatic nitrogens is 3. The number of thiazole rings is 1. The highest BCUT2D eigenvalue weighted by molar-refractivity contribution is 9.10. The minimum absolute atomic E-state index is 0.270. The number of rotatable bonds is 4. The Morgan fingerprint density at radius 2 is 2.26 bits per heavy atom. The Hall–Kier alpha value is -1.38. The number of thioether (sulfide) groups is 1. The summed E-state index contributed by atoms with van der Waals surface area (Å²) in [5.74, 6) is 0.697. The van der Waals surface area contributed by atoms with Crippen molar-refractivity contribution >= 4 is 55.2 Å². The lowest BCUT2D eigenvalue weighted by Gasteiger charge is -2.03. The number of hydrogen-bond acceptors (Lipinski definition) is 4. The third-order valence-electron chi connectivity index (χ3n) is 3.40. The highest BCUT2D eigenvalue weighted by Crippen LogP contribution is 2.22. The lowest BCUT2D eigenvalue weighted by Crippen LogP contribution is -2.19. The molecule has 8 heteroatoms. The van der Waals surface area contributed by atoms with Gasteiger partial charge < -0.3 is 4.57 Å². The molecule has 120 valence electrons. The molecule has 2 heterocycles. The molecule has 0 radical (unpaired) electrons. The lowest BCUT2D eigenvalue weighted by molar-refractivity contribution is 0.0989. The van der Waals surface area contributed by atoms with Crippen LogP contribution in [-0.2, 0) is 13.6 Å². The van der Waals surface area contributed by atoms with E-state index in [9.17, 15) is 4.79 Å². The van der Waals surface area contributed by atoms with Gasteiger partial charge in [-0.1, -0.05) is 27.3 Å². The maximum atomic E-state index is 12.4. The zero-order valence-electron chi connectivity index (χ0n) is 12.7. The molecular formula is C15H15BrN4OS2.